The van der Waals surface area contributed by atoms with Crippen LogP contribution in [0.2, 0.25) is 0 Å². The number of hydrogen-bond donors (Lipinski definition) is 0. The zero-order valence-corrected chi connectivity index (χ0v) is 13.2. The Hall–Kier alpha value is -0.350. The fourth-order valence-corrected chi connectivity index (χ4v) is 3.01. The highest BCUT2D eigenvalue weighted by Crippen LogP contribution is 2.19. The molecule has 0 aliphatic carbocycles. The maximum absolute atomic E-state index is 3.60. The Morgan fingerprint density at radius 1 is 0.824 bits per heavy atom. The van der Waals surface area contributed by atoms with E-state index in [2.05, 4.69) is 87.1 Å². The van der Waals surface area contributed by atoms with E-state index >= 15 is 0 Å². The van der Waals surface area contributed by atoms with E-state index in [4.69, 9.17) is 0 Å². The largest absolute Gasteiger partial charge is 0.0619 e. The summed E-state index contributed by atoms with van der Waals surface area (Å²) in [6, 6.07) is 17.1. The molecule has 0 aliphatic heterocycles. The lowest BCUT2D eigenvalue weighted by molar-refractivity contribution is 0.815. The molecular weight excluding hydrogens is 387 g/mol. The molecule has 2 aromatic carbocycles. The molecule has 2 aromatic rings. The first-order chi connectivity index (χ1) is 8.27. The second-order valence-electron chi connectivity index (χ2n) is 4.04. The molecule has 2 heteroatoms. The van der Waals surface area contributed by atoms with Crippen LogP contribution in [0.5, 0.6) is 0 Å². The average Bonchev–Trinajstić information content (AvgIpc) is 2.34. The molecule has 0 spiro atoms. The van der Waals surface area contributed by atoms with Crippen LogP contribution in [-0.2, 0) is 12.8 Å². The third-order valence-corrected chi connectivity index (χ3v) is 4.63. The van der Waals surface area contributed by atoms with Gasteiger partial charge >= 0.3 is 0 Å². The maximum Gasteiger partial charge on any atom is 0.0207 e. The number of hydrogen-bond acceptors (Lipinski definition) is 0. The van der Waals surface area contributed by atoms with Crippen LogP contribution in [0.15, 0.2) is 53.0 Å². The highest BCUT2D eigenvalue weighted by atomic mass is 127. The Kier molecular flexibility index (Phi) is 5.04. The standard InChI is InChI=1S/C15H14BrI/c16-14-10-3-1-6-12(14)8-5-9-13-7-2-4-11-15(13)17/h1-4,6-7,10-11H,5,8-9H2. The molecule has 17 heavy (non-hydrogen) atoms. The molecule has 0 bridgehead atoms. The minimum atomic E-state index is 1.13. The van der Waals surface area contributed by atoms with Gasteiger partial charge in [0.25, 0.3) is 0 Å². The number of benzene rings is 2. The van der Waals surface area contributed by atoms with E-state index in [0.717, 1.165) is 12.8 Å². The van der Waals surface area contributed by atoms with Gasteiger partial charge in [-0.3, -0.25) is 0 Å². The van der Waals surface area contributed by atoms with Crippen molar-refractivity contribution in [2.45, 2.75) is 19.3 Å². The molecule has 0 N–H and O–H groups in total. The van der Waals surface area contributed by atoms with Crippen molar-refractivity contribution in [3.8, 4) is 0 Å². The first-order valence-corrected chi connectivity index (χ1v) is 7.61. The minimum absolute atomic E-state index is 1.13. The van der Waals surface area contributed by atoms with Crippen molar-refractivity contribution in [1.29, 1.82) is 0 Å². The predicted molar refractivity (Wildman–Crippen MR) is 85.3 cm³/mol. The van der Waals surface area contributed by atoms with Gasteiger partial charge in [0.05, 0.1) is 0 Å². The molecule has 88 valence electrons. The van der Waals surface area contributed by atoms with E-state index in [-0.39, 0.29) is 0 Å². The summed E-state index contributed by atoms with van der Waals surface area (Å²) >= 11 is 6.01. The van der Waals surface area contributed by atoms with Gasteiger partial charge in [-0.15, -0.1) is 0 Å². The van der Waals surface area contributed by atoms with E-state index in [1.165, 1.54) is 25.6 Å². The molecule has 0 nitrogen and oxygen atoms in total. The number of rotatable bonds is 4. The summed E-state index contributed by atoms with van der Waals surface area (Å²) in [5.74, 6) is 0. The van der Waals surface area contributed by atoms with Crippen molar-refractivity contribution in [1.82, 2.24) is 0 Å². The van der Waals surface area contributed by atoms with Crippen molar-refractivity contribution in [3.05, 3.63) is 67.7 Å². The average molecular weight is 401 g/mol. The van der Waals surface area contributed by atoms with Crippen LogP contribution in [0.3, 0.4) is 0 Å². The molecule has 0 fully saturated rings. The number of halogens is 2. The summed E-state index contributed by atoms with van der Waals surface area (Å²) in [5.41, 5.74) is 2.86. The lowest BCUT2D eigenvalue weighted by Crippen LogP contribution is -1.93. The molecule has 0 saturated carbocycles. The summed E-state index contributed by atoms with van der Waals surface area (Å²) in [7, 11) is 0. The van der Waals surface area contributed by atoms with Crippen LogP contribution in [0.4, 0.5) is 0 Å². The summed E-state index contributed by atoms with van der Waals surface area (Å²) in [6.07, 6.45) is 3.48. The summed E-state index contributed by atoms with van der Waals surface area (Å²) in [6.45, 7) is 0. The van der Waals surface area contributed by atoms with Crippen LogP contribution in [0.1, 0.15) is 17.5 Å². The molecule has 0 amide bonds. The third-order valence-electron chi connectivity index (χ3n) is 2.81. The van der Waals surface area contributed by atoms with Gasteiger partial charge in [0.1, 0.15) is 0 Å². The van der Waals surface area contributed by atoms with E-state index < -0.39 is 0 Å². The van der Waals surface area contributed by atoms with Gasteiger partial charge in [0, 0.05) is 8.04 Å². The Bertz CT molecular complexity index is 448. The van der Waals surface area contributed by atoms with Gasteiger partial charge in [-0.1, -0.05) is 52.3 Å². The smallest absolute Gasteiger partial charge is 0.0207 e. The maximum atomic E-state index is 3.60. The Labute approximate surface area is 125 Å². The summed E-state index contributed by atoms with van der Waals surface area (Å²) in [5, 5.41) is 0. The molecule has 0 radical (unpaired) electrons. The van der Waals surface area contributed by atoms with Gasteiger partial charge in [0.2, 0.25) is 0 Å². The third kappa shape index (κ3) is 3.81. The summed E-state index contributed by atoms with van der Waals surface area (Å²) < 4.78 is 2.60. The lowest BCUT2D eigenvalue weighted by atomic mass is 10.0. The topological polar surface area (TPSA) is 0 Å². The summed E-state index contributed by atoms with van der Waals surface area (Å²) in [4.78, 5) is 0. The zero-order chi connectivity index (χ0) is 12.1. The molecular formula is C15H14BrI. The highest BCUT2D eigenvalue weighted by Gasteiger charge is 2.01. The van der Waals surface area contributed by atoms with Crippen molar-refractivity contribution in [2.75, 3.05) is 0 Å². The van der Waals surface area contributed by atoms with Crippen molar-refractivity contribution in [2.24, 2.45) is 0 Å². The quantitative estimate of drug-likeness (QED) is 0.616. The van der Waals surface area contributed by atoms with Crippen LogP contribution in [0.25, 0.3) is 0 Å². The molecule has 0 saturated heterocycles. The second-order valence-corrected chi connectivity index (χ2v) is 6.05. The van der Waals surface area contributed by atoms with Crippen LogP contribution >= 0.6 is 38.5 Å². The Morgan fingerprint density at radius 3 is 2.12 bits per heavy atom. The van der Waals surface area contributed by atoms with E-state index in [1.807, 2.05) is 0 Å². The Morgan fingerprint density at radius 2 is 1.41 bits per heavy atom. The highest BCUT2D eigenvalue weighted by molar-refractivity contribution is 14.1. The van der Waals surface area contributed by atoms with Gasteiger partial charge in [-0.2, -0.15) is 0 Å². The van der Waals surface area contributed by atoms with Crippen LogP contribution in [-0.4, -0.2) is 0 Å². The molecule has 0 aromatic heterocycles. The molecule has 0 atom stereocenters. The minimum Gasteiger partial charge on any atom is -0.0619 e. The van der Waals surface area contributed by atoms with Crippen LogP contribution < -0.4 is 0 Å². The van der Waals surface area contributed by atoms with Gasteiger partial charge in [0.15, 0.2) is 0 Å². The Balaban J connectivity index is 1.93. The molecule has 0 heterocycles. The van der Waals surface area contributed by atoms with E-state index in [1.54, 1.807) is 0 Å². The monoisotopic (exact) mass is 400 g/mol. The number of aryl methyl sites for hydroxylation is 2. The first-order valence-electron chi connectivity index (χ1n) is 5.74. The fourth-order valence-electron chi connectivity index (χ4n) is 1.87. The lowest BCUT2D eigenvalue weighted by Gasteiger charge is -2.06. The van der Waals surface area contributed by atoms with Crippen molar-refractivity contribution >= 4 is 38.5 Å². The molecule has 0 unspecified atom stereocenters. The van der Waals surface area contributed by atoms with E-state index in [0.29, 0.717) is 0 Å². The normalized spacial score (nSPS) is 10.5. The van der Waals surface area contributed by atoms with Crippen LogP contribution in [0, 0.1) is 3.57 Å². The van der Waals surface area contributed by atoms with Gasteiger partial charge in [-0.05, 0) is 65.1 Å². The van der Waals surface area contributed by atoms with E-state index in [9.17, 15) is 0 Å². The molecule has 0 aliphatic rings. The fraction of sp³-hybridized carbons (Fsp3) is 0.200. The predicted octanol–water partition coefficient (Wildman–Crippen LogP) is 5.23. The molecule has 2 rings (SSSR count). The van der Waals surface area contributed by atoms with Gasteiger partial charge in [-0.25, -0.2) is 0 Å². The van der Waals surface area contributed by atoms with Gasteiger partial charge < -0.3 is 0 Å². The van der Waals surface area contributed by atoms with Crippen molar-refractivity contribution < 1.29 is 0 Å². The SMILES string of the molecule is Brc1ccccc1CCCc1ccccc1I. The zero-order valence-electron chi connectivity index (χ0n) is 9.50. The van der Waals surface area contributed by atoms with Crippen molar-refractivity contribution in [3.63, 3.8) is 0 Å². The second kappa shape index (κ2) is 6.55. The first kappa shape index (κ1) is 13.1.